The first-order chi connectivity index (χ1) is 10.0. The number of aromatic nitrogens is 1. The molecule has 21 heavy (non-hydrogen) atoms. The molecule has 0 atom stereocenters. The van der Waals surface area contributed by atoms with Gasteiger partial charge in [-0.2, -0.15) is 0 Å². The Morgan fingerprint density at radius 3 is 2.43 bits per heavy atom. The van der Waals surface area contributed by atoms with Crippen molar-refractivity contribution >= 4 is 17.6 Å². The average Bonchev–Trinajstić information content (AvgIpc) is 2.46. The van der Waals surface area contributed by atoms with Gasteiger partial charge in [0.1, 0.15) is 0 Å². The van der Waals surface area contributed by atoms with Crippen LogP contribution in [0.2, 0.25) is 0 Å². The zero-order valence-corrected chi connectivity index (χ0v) is 12.1. The molecule has 1 aromatic carbocycles. The lowest BCUT2D eigenvalue weighted by atomic mass is 10.1. The van der Waals surface area contributed by atoms with E-state index in [9.17, 15) is 9.59 Å². The van der Waals surface area contributed by atoms with Gasteiger partial charge in [0.2, 0.25) is 0 Å². The molecule has 1 N–H and O–H groups in total. The minimum absolute atomic E-state index is 0.309. The highest BCUT2D eigenvalue weighted by Gasteiger charge is 2.15. The summed E-state index contributed by atoms with van der Waals surface area (Å²) in [5, 5.41) is 2.72. The third-order valence-electron chi connectivity index (χ3n) is 3.05. The number of rotatable bonds is 3. The van der Waals surface area contributed by atoms with E-state index < -0.39 is 5.97 Å². The number of para-hydroxylation sites is 1. The van der Waals surface area contributed by atoms with Gasteiger partial charge in [-0.3, -0.25) is 9.78 Å². The van der Waals surface area contributed by atoms with Crippen molar-refractivity contribution in [1.82, 2.24) is 4.98 Å². The number of nitrogens with zero attached hydrogens (tertiary/aromatic N) is 1. The van der Waals surface area contributed by atoms with Crippen LogP contribution in [0.25, 0.3) is 0 Å². The lowest BCUT2D eigenvalue weighted by molar-refractivity contribution is 0.0602. The second kappa shape index (κ2) is 6.17. The molecule has 1 amide bonds. The monoisotopic (exact) mass is 284 g/mol. The maximum atomic E-state index is 12.3. The standard InChI is InChI=1S/C16H16N2O3/c1-10-8-9-12(11(2)17-10)15(19)18-14-7-5-4-6-13(14)16(20)21-3/h4-9H,1-3H3,(H,18,19). The lowest BCUT2D eigenvalue weighted by Gasteiger charge is -2.11. The predicted octanol–water partition coefficient (Wildman–Crippen LogP) is 2.74. The third kappa shape index (κ3) is 3.25. The van der Waals surface area contributed by atoms with E-state index in [0.29, 0.717) is 22.5 Å². The second-order valence-electron chi connectivity index (χ2n) is 4.58. The van der Waals surface area contributed by atoms with Gasteiger partial charge < -0.3 is 10.1 Å². The van der Waals surface area contributed by atoms with Gasteiger partial charge in [0, 0.05) is 5.69 Å². The molecule has 2 rings (SSSR count). The Balaban J connectivity index is 2.30. The molecule has 0 aliphatic carbocycles. The summed E-state index contributed by atoms with van der Waals surface area (Å²) >= 11 is 0. The Labute approximate surface area is 123 Å². The Bertz CT molecular complexity index is 696. The van der Waals surface area contributed by atoms with Gasteiger partial charge in [-0.25, -0.2) is 4.79 Å². The number of carbonyl (C=O) groups excluding carboxylic acids is 2. The Morgan fingerprint density at radius 1 is 1.05 bits per heavy atom. The second-order valence-corrected chi connectivity index (χ2v) is 4.58. The fraction of sp³-hybridized carbons (Fsp3) is 0.188. The molecule has 5 heteroatoms. The Kier molecular flexibility index (Phi) is 4.33. The van der Waals surface area contributed by atoms with Crippen molar-refractivity contribution < 1.29 is 14.3 Å². The highest BCUT2D eigenvalue weighted by molar-refractivity contribution is 6.08. The number of hydrogen-bond acceptors (Lipinski definition) is 4. The fourth-order valence-corrected chi connectivity index (χ4v) is 2.00. The number of ether oxygens (including phenoxy) is 1. The number of nitrogens with one attached hydrogen (secondary N) is 1. The van der Waals surface area contributed by atoms with Crippen LogP contribution in [0.4, 0.5) is 5.69 Å². The summed E-state index contributed by atoms with van der Waals surface area (Å²) in [5.74, 6) is -0.805. The van der Waals surface area contributed by atoms with Crippen LogP contribution in [0.1, 0.15) is 32.1 Å². The molecule has 0 radical (unpaired) electrons. The van der Waals surface area contributed by atoms with Gasteiger partial charge in [0.25, 0.3) is 5.91 Å². The average molecular weight is 284 g/mol. The molecular weight excluding hydrogens is 268 g/mol. The van der Waals surface area contributed by atoms with Gasteiger partial charge in [-0.15, -0.1) is 0 Å². The predicted molar refractivity (Wildman–Crippen MR) is 79.4 cm³/mol. The number of esters is 1. The number of anilines is 1. The SMILES string of the molecule is COC(=O)c1ccccc1NC(=O)c1ccc(C)nc1C. The number of hydrogen-bond donors (Lipinski definition) is 1. The smallest absolute Gasteiger partial charge is 0.339 e. The van der Waals surface area contributed by atoms with Crippen LogP contribution in [0.5, 0.6) is 0 Å². The van der Waals surface area contributed by atoms with Crippen LogP contribution in [0.15, 0.2) is 36.4 Å². The molecule has 0 spiro atoms. The number of methoxy groups -OCH3 is 1. The number of pyridine rings is 1. The number of aryl methyl sites for hydroxylation is 2. The van der Waals surface area contributed by atoms with E-state index in [1.807, 2.05) is 6.92 Å². The van der Waals surface area contributed by atoms with Crippen LogP contribution in [-0.2, 0) is 4.74 Å². The van der Waals surface area contributed by atoms with Crippen molar-refractivity contribution in [3.63, 3.8) is 0 Å². The summed E-state index contributed by atoms with van der Waals surface area (Å²) in [4.78, 5) is 28.2. The van der Waals surface area contributed by atoms with Crippen molar-refractivity contribution in [1.29, 1.82) is 0 Å². The number of carbonyl (C=O) groups is 2. The third-order valence-corrected chi connectivity index (χ3v) is 3.05. The van der Waals surface area contributed by atoms with E-state index in [-0.39, 0.29) is 5.91 Å². The summed E-state index contributed by atoms with van der Waals surface area (Å²) in [7, 11) is 1.30. The van der Waals surface area contributed by atoms with Crippen LogP contribution in [-0.4, -0.2) is 24.0 Å². The quantitative estimate of drug-likeness (QED) is 0.880. The molecule has 0 aliphatic heterocycles. The molecule has 0 unspecified atom stereocenters. The fourth-order valence-electron chi connectivity index (χ4n) is 2.00. The first kappa shape index (κ1) is 14.7. The highest BCUT2D eigenvalue weighted by atomic mass is 16.5. The summed E-state index contributed by atoms with van der Waals surface area (Å²) in [5.41, 5.74) is 2.68. The Morgan fingerprint density at radius 2 is 1.76 bits per heavy atom. The zero-order valence-electron chi connectivity index (χ0n) is 12.1. The molecule has 0 saturated carbocycles. The summed E-state index contributed by atoms with van der Waals surface area (Å²) in [6, 6.07) is 10.2. The van der Waals surface area contributed by atoms with Crippen LogP contribution >= 0.6 is 0 Å². The van der Waals surface area contributed by atoms with Gasteiger partial charge >= 0.3 is 5.97 Å². The highest BCUT2D eigenvalue weighted by Crippen LogP contribution is 2.18. The minimum atomic E-state index is -0.496. The van der Waals surface area contributed by atoms with Crippen LogP contribution in [0, 0.1) is 13.8 Å². The molecule has 5 nitrogen and oxygen atoms in total. The number of amides is 1. The molecule has 1 aromatic heterocycles. The van der Waals surface area contributed by atoms with Crippen LogP contribution in [0.3, 0.4) is 0 Å². The normalized spacial score (nSPS) is 10.0. The molecule has 1 heterocycles. The van der Waals surface area contributed by atoms with E-state index in [2.05, 4.69) is 10.3 Å². The van der Waals surface area contributed by atoms with E-state index in [4.69, 9.17) is 4.74 Å². The Hall–Kier alpha value is -2.69. The largest absolute Gasteiger partial charge is 0.465 e. The summed E-state index contributed by atoms with van der Waals surface area (Å²) in [6.07, 6.45) is 0. The first-order valence-electron chi connectivity index (χ1n) is 6.46. The van der Waals surface area contributed by atoms with E-state index in [0.717, 1.165) is 5.69 Å². The molecule has 108 valence electrons. The topological polar surface area (TPSA) is 68.3 Å². The summed E-state index contributed by atoms with van der Waals surface area (Å²) < 4.78 is 4.70. The molecule has 0 bridgehead atoms. The summed E-state index contributed by atoms with van der Waals surface area (Å²) in [6.45, 7) is 3.63. The van der Waals surface area contributed by atoms with Gasteiger partial charge in [0.15, 0.2) is 0 Å². The van der Waals surface area contributed by atoms with Crippen LogP contribution < -0.4 is 5.32 Å². The van der Waals surface area contributed by atoms with Crippen molar-refractivity contribution in [3.8, 4) is 0 Å². The maximum absolute atomic E-state index is 12.3. The number of benzene rings is 1. The lowest BCUT2D eigenvalue weighted by Crippen LogP contribution is -2.17. The van der Waals surface area contributed by atoms with E-state index in [1.165, 1.54) is 7.11 Å². The molecule has 0 fully saturated rings. The maximum Gasteiger partial charge on any atom is 0.339 e. The first-order valence-corrected chi connectivity index (χ1v) is 6.46. The van der Waals surface area contributed by atoms with Gasteiger partial charge in [-0.05, 0) is 38.1 Å². The van der Waals surface area contributed by atoms with E-state index >= 15 is 0 Å². The minimum Gasteiger partial charge on any atom is -0.465 e. The van der Waals surface area contributed by atoms with Gasteiger partial charge in [-0.1, -0.05) is 12.1 Å². The van der Waals surface area contributed by atoms with E-state index in [1.54, 1.807) is 43.3 Å². The zero-order chi connectivity index (χ0) is 15.4. The van der Waals surface area contributed by atoms with Crippen molar-refractivity contribution in [3.05, 3.63) is 58.9 Å². The van der Waals surface area contributed by atoms with Crippen molar-refractivity contribution in [2.75, 3.05) is 12.4 Å². The van der Waals surface area contributed by atoms with Gasteiger partial charge in [0.05, 0.1) is 29.6 Å². The van der Waals surface area contributed by atoms with Crippen molar-refractivity contribution in [2.24, 2.45) is 0 Å². The molecule has 0 saturated heterocycles. The molecular formula is C16H16N2O3. The van der Waals surface area contributed by atoms with Crippen molar-refractivity contribution in [2.45, 2.75) is 13.8 Å². The molecule has 0 aliphatic rings. The molecule has 2 aromatic rings.